The van der Waals surface area contributed by atoms with Gasteiger partial charge in [-0.05, 0) is 44.1 Å². The quantitative estimate of drug-likeness (QED) is 0.736. The summed E-state index contributed by atoms with van der Waals surface area (Å²) >= 11 is 0. The Balaban J connectivity index is 1.27. The number of hydrogen-bond donors (Lipinski definition) is 1. The highest BCUT2D eigenvalue weighted by atomic mass is 19.4. The average Bonchev–Trinajstić information content (AvgIpc) is 3.27. The SMILES string of the molecule is CCC1COCCC1N[C@@H]1CC[C@H](C(=O)N2CCN(c3nccc(C(F)(F)F)n3)CC2)C1. The number of rotatable bonds is 5. The van der Waals surface area contributed by atoms with Crippen LogP contribution in [0.2, 0.25) is 0 Å². The monoisotopic (exact) mass is 455 g/mol. The summed E-state index contributed by atoms with van der Waals surface area (Å²) < 4.78 is 44.4. The Morgan fingerprint density at radius 3 is 2.72 bits per heavy atom. The first-order valence-corrected chi connectivity index (χ1v) is 11.6. The number of halogens is 3. The molecule has 7 nitrogen and oxygen atoms in total. The van der Waals surface area contributed by atoms with Gasteiger partial charge in [-0.1, -0.05) is 6.92 Å². The second kappa shape index (κ2) is 9.91. The van der Waals surface area contributed by atoms with Crippen LogP contribution in [-0.2, 0) is 15.7 Å². The lowest BCUT2D eigenvalue weighted by molar-refractivity contribution is -0.141. The molecule has 1 aliphatic carbocycles. The second-order valence-corrected chi connectivity index (χ2v) is 9.06. The number of anilines is 1. The molecule has 0 spiro atoms. The Labute approximate surface area is 186 Å². The van der Waals surface area contributed by atoms with Crippen molar-refractivity contribution in [2.45, 2.75) is 57.3 Å². The minimum absolute atomic E-state index is 0.0174. The maximum atomic E-state index is 13.1. The molecule has 0 radical (unpaired) electrons. The molecule has 1 N–H and O–H groups in total. The highest BCUT2D eigenvalue weighted by molar-refractivity contribution is 5.79. The van der Waals surface area contributed by atoms with Crippen LogP contribution in [0.3, 0.4) is 0 Å². The molecule has 178 valence electrons. The Hall–Kier alpha value is -1.94. The summed E-state index contributed by atoms with van der Waals surface area (Å²) in [6, 6.07) is 1.70. The highest BCUT2D eigenvalue weighted by Gasteiger charge is 2.37. The molecule has 1 aromatic rings. The molecule has 4 rings (SSSR count). The van der Waals surface area contributed by atoms with Crippen molar-refractivity contribution in [1.29, 1.82) is 0 Å². The van der Waals surface area contributed by atoms with Crippen molar-refractivity contribution in [3.63, 3.8) is 0 Å². The van der Waals surface area contributed by atoms with Gasteiger partial charge in [0.2, 0.25) is 11.9 Å². The first-order valence-electron chi connectivity index (χ1n) is 11.6. The van der Waals surface area contributed by atoms with Gasteiger partial charge in [0.05, 0.1) is 6.61 Å². The molecule has 2 unspecified atom stereocenters. The molecule has 3 heterocycles. The van der Waals surface area contributed by atoms with Crippen molar-refractivity contribution in [3.05, 3.63) is 18.0 Å². The van der Waals surface area contributed by atoms with Crippen LogP contribution < -0.4 is 10.2 Å². The lowest BCUT2D eigenvalue weighted by Crippen LogP contribution is -2.51. The number of hydrogen-bond acceptors (Lipinski definition) is 6. The van der Waals surface area contributed by atoms with Crippen molar-refractivity contribution >= 4 is 11.9 Å². The predicted molar refractivity (Wildman–Crippen MR) is 113 cm³/mol. The first kappa shape index (κ1) is 23.2. The van der Waals surface area contributed by atoms with Gasteiger partial charge in [-0.25, -0.2) is 9.97 Å². The molecule has 3 aliphatic rings. The summed E-state index contributed by atoms with van der Waals surface area (Å²) in [5.74, 6) is 0.783. The number of piperazine rings is 1. The molecule has 0 aromatic carbocycles. The van der Waals surface area contributed by atoms with Crippen LogP contribution in [0.15, 0.2) is 12.3 Å². The molecular weight excluding hydrogens is 423 g/mol. The van der Waals surface area contributed by atoms with Gasteiger partial charge in [-0.15, -0.1) is 0 Å². The standard InChI is InChI=1S/C22H32F3N5O2/c1-2-15-14-32-12-6-18(15)27-17-4-3-16(13-17)20(31)29-8-10-30(11-9-29)21-26-7-5-19(28-21)22(23,24)25/h5,7,15-18,27H,2-4,6,8-14H2,1H3/t15?,16-,17+,18?/m0/s1. The minimum Gasteiger partial charge on any atom is -0.381 e. The highest BCUT2D eigenvalue weighted by Crippen LogP contribution is 2.31. The summed E-state index contributed by atoms with van der Waals surface area (Å²) in [6.45, 7) is 5.62. The van der Waals surface area contributed by atoms with Gasteiger partial charge in [0.15, 0.2) is 0 Å². The summed E-state index contributed by atoms with van der Waals surface area (Å²) in [5, 5.41) is 3.79. The van der Waals surface area contributed by atoms with E-state index in [4.69, 9.17) is 4.74 Å². The molecule has 3 fully saturated rings. The number of carbonyl (C=O) groups is 1. The fourth-order valence-electron chi connectivity index (χ4n) is 5.12. The van der Waals surface area contributed by atoms with E-state index in [0.29, 0.717) is 44.2 Å². The van der Waals surface area contributed by atoms with Crippen molar-refractivity contribution in [2.24, 2.45) is 11.8 Å². The number of nitrogens with one attached hydrogen (secondary N) is 1. The van der Waals surface area contributed by atoms with Gasteiger partial charge in [0.25, 0.3) is 0 Å². The fraction of sp³-hybridized carbons (Fsp3) is 0.773. The lowest BCUT2D eigenvalue weighted by Gasteiger charge is -2.36. The van der Waals surface area contributed by atoms with Crippen LogP contribution in [0, 0.1) is 11.8 Å². The van der Waals surface area contributed by atoms with Gasteiger partial charge >= 0.3 is 6.18 Å². The zero-order valence-electron chi connectivity index (χ0n) is 18.5. The normalized spacial score (nSPS) is 29.4. The molecule has 1 aromatic heterocycles. The topological polar surface area (TPSA) is 70.6 Å². The van der Waals surface area contributed by atoms with Gasteiger partial charge in [-0.3, -0.25) is 4.79 Å². The number of alkyl halides is 3. The van der Waals surface area contributed by atoms with Crippen molar-refractivity contribution in [3.8, 4) is 0 Å². The summed E-state index contributed by atoms with van der Waals surface area (Å²) in [7, 11) is 0. The van der Waals surface area contributed by atoms with Crippen molar-refractivity contribution in [2.75, 3.05) is 44.3 Å². The Morgan fingerprint density at radius 1 is 1.22 bits per heavy atom. The Bertz CT molecular complexity index is 785. The van der Waals surface area contributed by atoms with Crippen LogP contribution in [0.1, 0.15) is 44.7 Å². The van der Waals surface area contributed by atoms with Gasteiger partial charge in [0, 0.05) is 57.0 Å². The number of amides is 1. The molecule has 1 amide bonds. The zero-order valence-corrected chi connectivity index (χ0v) is 18.5. The van der Waals surface area contributed by atoms with E-state index in [1.807, 2.05) is 4.90 Å². The van der Waals surface area contributed by atoms with Crippen LogP contribution in [0.5, 0.6) is 0 Å². The third-order valence-electron chi connectivity index (χ3n) is 7.04. The molecule has 2 saturated heterocycles. The van der Waals surface area contributed by atoms with E-state index in [1.54, 1.807) is 4.90 Å². The predicted octanol–water partition coefficient (Wildman–Crippen LogP) is 2.72. The fourth-order valence-corrected chi connectivity index (χ4v) is 5.12. The molecule has 1 saturated carbocycles. The smallest absolute Gasteiger partial charge is 0.381 e. The van der Waals surface area contributed by atoms with E-state index in [-0.39, 0.29) is 17.8 Å². The van der Waals surface area contributed by atoms with E-state index in [9.17, 15) is 18.0 Å². The van der Waals surface area contributed by atoms with E-state index >= 15 is 0 Å². The minimum atomic E-state index is -4.50. The summed E-state index contributed by atoms with van der Waals surface area (Å²) in [5.41, 5.74) is -0.944. The number of carbonyl (C=O) groups excluding carboxylic acids is 1. The third kappa shape index (κ3) is 5.33. The summed E-state index contributed by atoms with van der Waals surface area (Å²) in [4.78, 5) is 24.3. The van der Waals surface area contributed by atoms with Gasteiger partial charge < -0.3 is 19.9 Å². The summed E-state index contributed by atoms with van der Waals surface area (Å²) in [6.07, 6.45) is 1.49. The number of nitrogens with zero attached hydrogens (tertiary/aromatic N) is 4. The van der Waals surface area contributed by atoms with Crippen LogP contribution >= 0.6 is 0 Å². The van der Waals surface area contributed by atoms with E-state index in [0.717, 1.165) is 57.6 Å². The largest absolute Gasteiger partial charge is 0.433 e. The molecule has 4 atom stereocenters. The van der Waals surface area contributed by atoms with Gasteiger partial charge in [-0.2, -0.15) is 13.2 Å². The lowest BCUT2D eigenvalue weighted by atomic mass is 9.92. The van der Waals surface area contributed by atoms with Crippen molar-refractivity contribution in [1.82, 2.24) is 20.2 Å². The van der Waals surface area contributed by atoms with Crippen LogP contribution in [0.25, 0.3) is 0 Å². The maximum absolute atomic E-state index is 13.1. The zero-order chi connectivity index (χ0) is 22.7. The Kier molecular flexibility index (Phi) is 7.19. The van der Waals surface area contributed by atoms with Crippen LogP contribution in [-0.4, -0.2) is 72.3 Å². The maximum Gasteiger partial charge on any atom is 0.433 e. The molecule has 0 bridgehead atoms. The Morgan fingerprint density at radius 2 is 2.00 bits per heavy atom. The molecule has 2 aliphatic heterocycles. The van der Waals surface area contributed by atoms with Gasteiger partial charge in [0.1, 0.15) is 5.69 Å². The molecule has 10 heteroatoms. The average molecular weight is 456 g/mol. The number of ether oxygens (including phenoxy) is 1. The second-order valence-electron chi connectivity index (χ2n) is 9.06. The number of aromatic nitrogens is 2. The molecule has 32 heavy (non-hydrogen) atoms. The van der Waals surface area contributed by atoms with E-state index in [1.165, 1.54) is 0 Å². The first-order chi connectivity index (χ1) is 15.3. The third-order valence-corrected chi connectivity index (χ3v) is 7.04. The molecular formula is C22H32F3N5O2. The van der Waals surface area contributed by atoms with E-state index in [2.05, 4.69) is 22.2 Å². The van der Waals surface area contributed by atoms with Crippen LogP contribution in [0.4, 0.5) is 19.1 Å². The van der Waals surface area contributed by atoms with E-state index < -0.39 is 11.9 Å². The van der Waals surface area contributed by atoms with Crippen molar-refractivity contribution < 1.29 is 22.7 Å².